The molecule has 1 heterocycles. The van der Waals surface area contributed by atoms with E-state index in [1.165, 1.54) is 29.6 Å². The molecule has 0 amide bonds. The maximum atomic E-state index is 13.0. The molecule has 0 aliphatic heterocycles. The number of hydrogen-bond acceptors (Lipinski definition) is 4. The number of nitrogens with one attached hydrogen (secondary N) is 1. The molecule has 1 aromatic heterocycles. The van der Waals surface area contributed by atoms with Crippen molar-refractivity contribution in [2.24, 2.45) is 0 Å². The average molecular weight is 351 g/mol. The Labute approximate surface area is 116 Å². The van der Waals surface area contributed by atoms with Gasteiger partial charge in [0.25, 0.3) is 10.0 Å². The first kappa shape index (κ1) is 13.3. The molecule has 8 heteroatoms. The molecule has 2 aromatic rings. The minimum atomic E-state index is -3.68. The van der Waals surface area contributed by atoms with Crippen molar-refractivity contribution in [2.45, 2.75) is 4.21 Å². The van der Waals surface area contributed by atoms with Crippen LogP contribution in [0.15, 0.2) is 38.3 Å². The van der Waals surface area contributed by atoms with Crippen LogP contribution in [0.5, 0.6) is 0 Å². The van der Waals surface area contributed by atoms with Gasteiger partial charge in [-0.1, -0.05) is 0 Å². The Hall–Kier alpha value is -1.12. The Morgan fingerprint density at radius 1 is 1.33 bits per heavy atom. The zero-order chi connectivity index (χ0) is 13.3. The molecule has 0 atom stereocenters. The molecule has 1 aromatic carbocycles. The van der Waals surface area contributed by atoms with Crippen LogP contribution in [0.1, 0.15) is 0 Å². The second kappa shape index (κ2) is 4.87. The van der Waals surface area contributed by atoms with Crippen molar-refractivity contribution >= 4 is 48.7 Å². The predicted octanol–water partition coefficient (Wildman–Crippen LogP) is 3.03. The van der Waals surface area contributed by atoms with Crippen LogP contribution in [-0.2, 0) is 10.0 Å². The Morgan fingerprint density at radius 3 is 2.61 bits per heavy atom. The molecule has 18 heavy (non-hydrogen) atoms. The molecule has 0 aliphatic carbocycles. The van der Waals surface area contributed by atoms with Crippen LogP contribution in [-0.4, -0.2) is 8.42 Å². The molecule has 0 bridgehead atoms. The topological polar surface area (TPSA) is 72.2 Å². The number of nitrogen functional groups attached to an aromatic ring is 1. The molecule has 0 aliphatic rings. The Morgan fingerprint density at radius 2 is 2.06 bits per heavy atom. The Bertz CT molecular complexity index is 685. The van der Waals surface area contributed by atoms with E-state index in [2.05, 4.69) is 20.7 Å². The summed E-state index contributed by atoms with van der Waals surface area (Å²) >= 11 is 4.01. The summed E-state index contributed by atoms with van der Waals surface area (Å²) in [6.07, 6.45) is 0. The number of sulfonamides is 1. The molecular formula is C10H8BrFN2O2S2. The van der Waals surface area contributed by atoms with Crippen LogP contribution in [0.25, 0.3) is 0 Å². The Balaban J connectivity index is 2.30. The summed E-state index contributed by atoms with van der Waals surface area (Å²) in [6.45, 7) is 0. The lowest BCUT2D eigenvalue weighted by Gasteiger charge is -2.06. The van der Waals surface area contributed by atoms with Gasteiger partial charge in [-0.2, -0.15) is 0 Å². The highest BCUT2D eigenvalue weighted by atomic mass is 79.9. The SMILES string of the molecule is Nc1csc(S(=O)(=O)Nc2ccc(F)c(Br)c2)c1. The molecule has 3 N–H and O–H groups in total. The monoisotopic (exact) mass is 350 g/mol. The van der Waals surface area contributed by atoms with Crippen molar-refractivity contribution in [2.75, 3.05) is 10.5 Å². The predicted molar refractivity (Wildman–Crippen MR) is 73.6 cm³/mol. The smallest absolute Gasteiger partial charge is 0.271 e. The normalized spacial score (nSPS) is 11.4. The molecule has 0 saturated heterocycles. The first-order chi connectivity index (χ1) is 8.38. The van der Waals surface area contributed by atoms with Gasteiger partial charge in [0.1, 0.15) is 10.0 Å². The fraction of sp³-hybridized carbons (Fsp3) is 0. The number of benzene rings is 1. The highest BCUT2D eigenvalue weighted by molar-refractivity contribution is 9.10. The van der Waals surface area contributed by atoms with Crippen LogP contribution in [0.2, 0.25) is 0 Å². The van der Waals surface area contributed by atoms with E-state index in [0.717, 1.165) is 11.3 Å². The summed E-state index contributed by atoms with van der Waals surface area (Å²) in [5.74, 6) is -0.460. The molecule has 0 saturated carbocycles. The summed E-state index contributed by atoms with van der Waals surface area (Å²) < 4.78 is 39.6. The lowest BCUT2D eigenvalue weighted by atomic mass is 10.3. The van der Waals surface area contributed by atoms with Crippen LogP contribution < -0.4 is 10.5 Å². The third-order valence-corrected chi connectivity index (χ3v) is 5.48. The van der Waals surface area contributed by atoms with E-state index in [0.29, 0.717) is 5.69 Å². The zero-order valence-corrected chi connectivity index (χ0v) is 12.1. The fourth-order valence-corrected chi connectivity index (χ4v) is 3.74. The lowest BCUT2D eigenvalue weighted by molar-refractivity contribution is 0.602. The third kappa shape index (κ3) is 2.82. The molecular weight excluding hydrogens is 343 g/mol. The summed E-state index contributed by atoms with van der Waals surface area (Å²) in [5.41, 5.74) is 6.14. The van der Waals surface area contributed by atoms with Crippen molar-refractivity contribution in [1.82, 2.24) is 0 Å². The first-order valence-electron chi connectivity index (χ1n) is 4.70. The molecule has 0 unspecified atom stereocenters. The fourth-order valence-electron chi connectivity index (χ4n) is 1.24. The summed E-state index contributed by atoms with van der Waals surface area (Å²) in [5, 5.41) is 1.54. The van der Waals surface area contributed by atoms with E-state index < -0.39 is 15.8 Å². The minimum absolute atomic E-state index is 0.112. The van der Waals surface area contributed by atoms with Gasteiger partial charge in [-0.3, -0.25) is 4.72 Å². The number of thiophene rings is 1. The zero-order valence-electron chi connectivity index (χ0n) is 8.85. The van der Waals surface area contributed by atoms with Gasteiger partial charge in [-0.15, -0.1) is 11.3 Å². The maximum absolute atomic E-state index is 13.0. The quantitative estimate of drug-likeness (QED) is 0.893. The second-order valence-electron chi connectivity index (χ2n) is 3.43. The maximum Gasteiger partial charge on any atom is 0.271 e. The standard InChI is InChI=1S/C10H8BrFN2O2S2/c11-8-4-7(1-2-9(8)12)14-18(15,16)10-3-6(13)5-17-10/h1-5,14H,13H2. The van der Waals surface area contributed by atoms with E-state index in [1.807, 2.05) is 0 Å². The summed E-state index contributed by atoms with van der Waals surface area (Å²) in [7, 11) is -3.68. The largest absolute Gasteiger partial charge is 0.398 e. The van der Waals surface area contributed by atoms with E-state index in [-0.39, 0.29) is 14.4 Å². The number of rotatable bonds is 3. The molecule has 96 valence electrons. The molecule has 0 fully saturated rings. The van der Waals surface area contributed by atoms with Gasteiger partial charge >= 0.3 is 0 Å². The van der Waals surface area contributed by atoms with Gasteiger partial charge in [0.2, 0.25) is 0 Å². The van der Waals surface area contributed by atoms with E-state index in [1.54, 1.807) is 0 Å². The second-order valence-corrected chi connectivity index (χ2v) is 7.11. The van der Waals surface area contributed by atoms with E-state index >= 15 is 0 Å². The van der Waals surface area contributed by atoms with Crippen molar-refractivity contribution in [3.63, 3.8) is 0 Å². The number of halogens is 2. The number of anilines is 2. The molecule has 4 nitrogen and oxygen atoms in total. The van der Waals surface area contributed by atoms with Gasteiger partial charge < -0.3 is 5.73 Å². The van der Waals surface area contributed by atoms with Crippen molar-refractivity contribution in [3.8, 4) is 0 Å². The van der Waals surface area contributed by atoms with Crippen molar-refractivity contribution in [3.05, 3.63) is 39.9 Å². The van der Waals surface area contributed by atoms with Crippen LogP contribution >= 0.6 is 27.3 Å². The van der Waals surface area contributed by atoms with E-state index in [9.17, 15) is 12.8 Å². The van der Waals surface area contributed by atoms with E-state index in [4.69, 9.17) is 5.73 Å². The van der Waals surface area contributed by atoms with Gasteiger partial charge in [0, 0.05) is 11.1 Å². The van der Waals surface area contributed by atoms with Crippen molar-refractivity contribution in [1.29, 1.82) is 0 Å². The molecule has 0 spiro atoms. The number of hydrogen-bond donors (Lipinski definition) is 2. The van der Waals surface area contributed by atoms with Gasteiger partial charge in [0.15, 0.2) is 0 Å². The van der Waals surface area contributed by atoms with Crippen molar-refractivity contribution < 1.29 is 12.8 Å². The van der Waals surface area contributed by atoms with Crippen LogP contribution in [0.4, 0.5) is 15.8 Å². The molecule has 0 radical (unpaired) electrons. The summed E-state index contributed by atoms with van der Waals surface area (Å²) in [6, 6.07) is 5.23. The summed E-state index contributed by atoms with van der Waals surface area (Å²) in [4.78, 5) is 0. The van der Waals surface area contributed by atoms with Crippen LogP contribution in [0, 0.1) is 5.82 Å². The Kier molecular flexibility index (Phi) is 3.60. The van der Waals surface area contributed by atoms with Crippen LogP contribution in [0.3, 0.4) is 0 Å². The number of nitrogens with two attached hydrogens (primary N) is 1. The highest BCUT2D eigenvalue weighted by Crippen LogP contribution is 2.26. The van der Waals surface area contributed by atoms with Gasteiger partial charge in [0.05, 0.1) is 10.2 Å². The van der Waals surface area contributed by atoms with Gasteiger partial charge in [-0.05, 0) is 40.2 Å². The molecule has 2 rings (SSSR count). The first-order valence-corrected chi connectivity index (χ1v) is 7.86. The minimum Gasteiger partial charge on any atom is -0.398 e. The third-order valence-electron chi connectivity index (χ3n) is 2.03. The van der Waals surface area contributed by atoms with Gasteiger partial charge in [-0.25, -0.2) is 12.8 Å². The average Bonchev–Trinajstić information content (AvgIpc) is 2.71. The highest BCUT2D eigenvalue weighted by Gasteiger charge is 2.16. The lowest BCUT2D eigenvalue weighted by Crippen LogP contribution is -2.11.